The Bertz CT molecular complexity index is 523. The fourth-order valence-corrected chi connectivity index (χ4v) is 3.95. The minimum absolute atomic E-state index is 0.00566. The molecule has 146 valence electrons. The van der Waals surface area contributed by atoms with Crippen LogP contribution in [0.4, 0.5) is 0 Å². The van der Waals surface area contributed by atoms with Gasteiger partial charge in [0.25, 0.3) is 0 Å². The molecule has 5 heteroatoms. The zero-order valence-electron chi connectivity index (χ0n) is 16.1. The molecule has 1 aromatic heterocycles. The van der Waals surface area contributed by atoms with Crippen molar-refractivity contribution in [3.8, 4) is 0 Å². The molecular weight excluding hydrogens is 326 g/mol. The van der Waals surface area contributed by atoms with Crippen molar-refractivity contribution >= 4 is 5.91 Å². The van der Waals surface area contributed by atoms with Crippen molar-refractivity contribution in [2.24, 2.45) is 11.8 Å². The van der Waals surface area contributed by atoms with Crippen molar-refractivity contribution in [1.29, 1.82) is 0 Å². The van der Waals surface area contributed by atoms with Gasteiger partial charge >= 0.3 is 0 Å². The zero-order valence-corrected chi connectivity index (χ0v) is 16.1. The third-order valence-electron chi connectivity index (χ3n) is 5.70. The Morgan fingerprint density at radius 1 is 1.46 bits per heavy atom. The molecule has 1 aliphatic carbocycles. The largest absolute Gasteiger partial charge is 0.391 e. The summed E-state index contributed by atoms with van der Waals surface area (Å²) in [4.78, 5) is 19.4. The summed E-state index contributed by atoms with van der Waals surface area (Å²) in [5, 5.41) is 13.9. The Morgan fingerprint density at radius 3 is 2.85 bits per heavy atom. The number of aromatic amines is 1. The van der Waals surface area contributed by atoms with Crippen LogP contribution in [0.25, 0.3) is 0 Å². The van der Waals surface area contributed by atoms with E-state index in [-0.39, 0.29) is 11.9 Å². The molecule has 1 fully saturated rings. The Morgan fingerprint density at radius 2 is 2.23 bits per heavy atom. The van der Waals surface area contributed by atoms with E-state index in [0.717, 1.165) is 18.5 Å². The lowest BCUT2D eigenvalue weighted by atomic mass is 9.82. The summed E-state index contributed by atoms with van der Waals surface area (Å²) >= 11 is 0. The second-order valence-electron chi connectivity index (χ2n) is 7.70. The van der Waals surface area contributed by atoms with Crippen molar-refractivity contribution in [2.75, 3.05) is 0 Å². The van der Waals surface area contributed by atoms with E-state index in [1.54, 1.807) is 12.5 Å². The molecule has 0 bridgehead atoms. The molecule has 0 saturated heterocycles. The molecule has 0 aromatic carbocycles. The molecule has 3 N–H and O–H groups in total. The number of nitrogens with zero attached hydrogens (tertiary/aromatic N) is 1. The molecule has 2 rings (SSSR count). The molecule has 1 aliphatic rings. The lowest BCUT2D eigenvalue weighted by molar-refractivity contribution is -0.123. The predicted octanol–water partition coefficient (Wildman–Crippen LogP) is 3.76. The van der Waals surface area contributed by atoms with E-state index in [9.17, 15) is 9.90 Å². The van der Waals surface area contributed by atoms with Crippen LogP contribution in [0.2, 0.25) is 0 Å². The average molecular weight is 362 g/mol. The van der Waals surface area contributed by atoms with Gasteiger partial charge < -0.3 is 15.4 Å². The minimum Gasteiger partial charge on any atom is -0.391 e. The van der Waals surface area contributed by atoms with Gasteiger partial charge in [0.1, 0.15) is 0 Å². The molecule has 0 radical (unpaired) electrons. The highest BCUT2D eigenvalue weighted by Gasteiger charge is 2.27. The second-order valence-corrected chi connectivity index (χ2v) is 7.70. The van der Waals surface area contributed by atoms with E-state index in [1.165, 1.54) is 32.1 Å². The van der Waals surface area contributed by atoms with Crippen molar-refractivity contribution in [3.05, 3.63) is 30.9 Å². The molecule has 5 nitrogen and oxygen atoms in total. The van der Waals surface area contributed by atoms with E-state index in [2.05, 4.69) is 28.8 Å². The molecule has 1 heterocycles. The molecule has 3 atom stereocenters. The third-order valence-corrected chi connectivity index (χ3v) is 5.70. The number of imidazole rings is 1. The second kappa shape index (κ2) is 11.2. The van der Waals surface area contributed by atoms with E-state index in [0.29, 0.717) is 31.1 Å². The Hall–Kier alpha value is -1.62. The highest BCUT2D eigenvalue weighted by Crippen LogP contribution is 2.29. The summed E-state index contributed by atoms with van der Waals surface area (Å²) in [6.45, 7) is 5.98. The van der Waals surface area contributed by atoms with Crippen LogP contribution in [0.1, 0.15) is 70.4 Å². The Kier molecular flexibility index (Phi) is 8.89. The van der Waals surface area contributed by atoms with E-state index in [1.807, 2.05) is 6.08 Å². The maximum Gasteiger partial charge on any atom is 0.220 e. The van der Waals surface area contributed by atoms with Crippen LogP contribution in [-0.4, -0.2) is 33.1 Å². The van der Waals surface area contributed by atoms with Gasteiger partial charge in [0.15, 0.2) is 0 Å². The number of carbonyl (C=O) groups excluding carboxylic acids is 1. The number of rotatable bonds is 11. The lowest BCUT2D eigenvalue weighted by Gasteiger charge is -2.31. The molecule has 1 amide bonds. The number of hydrogen-bond acceptors (Lipinski definition) is 3. The topological polar surface area (TPSA) is 78.0 Å². The number of amides is 1. The van der Waals surface area contributed by atoms with Crippen molar-refractivity contribution < 1.29 is 9.90 Å². The number of hydrogen-bond donors (Lipinski definition) is 3. The summed E-state index contributed by atoms with van der Waals surface area (Å²) in [5.74, 6) is 0.909. The highest BCUT2D eigenvalue weighted by molar-refractivity contribution is 5.76. The minimum atomic E-state index is -0.518. The standard InChI is InChI=1S/C21H35N3O2/c1-3-16(4-2)13-20(25)19(12-17-8-6-5-7-9-17)24-21(26)11-10-18-14-22-15-23-18/h3,14-17,19-20,25H,1,4-13H2,2H3,(H,22,23)(H,24,26)/t16-,19+,20+/m1/s1. The lowest BCUT2D eigenvalue weighted by Crippen LogP contribution is -2.45. The first-order chi connectivity index (χ1) is 12.6. The number of nitrogens with one attached hydrogen (secondary N) is 2. The van der Waals surface area contributed by atoms with Gasteiger partial charge in [0, 0.05) is 18.3 Å². The number of H-pyrrole nitrogens is 1. The fourth-order valence-electron chi connectivity index (χ4n) is 3.95. The number of aliphatic hydroxyl groups excluding tert-OH is 1. The predicted molar refractivity (Wildman–Crippen MR) is 105 cm³/mol. The molecule has 26 heavy (non-hydrogen) atoms. The molecule has 0 spiro atoms. The first kappa shape index (κ1) is 20.7. The first-order valence-corrected chi connectivity index (χ1v) is 10.2. The summed E-state index contributed by atoms with van der Waals surface area (Å²) in [6.07, 6.45) is 14.6. The van der Waals surface area contributed by atoms with Crippen LogP contribution in [0.5, 0.6) is 0 Å². The van der Waals surface area contributed by atoms with Gasteiger partial charge in [-0.25, -0.2) is 4.98 Å². The quantitative estimate of drug-likeness (QED) is 0.525. The van der Waals surface area contributed by atoms with Gasteiger partial charge in [-0.2, -0.15) is 0 Å². The van der Waals surface area contributed by atoms with Crippen LogP contribution in [-0.2, 0) is 11.2 Å². The average Bonchev–Trinajstić information content (AvgIpc) is 3.18. The Labute approximate surface area is 157 Å². The third kappa shape index (κ3) is 6.94. The maximum atomic E-state index is 12.4. The fraction of sp³-hybridized carbons (Fsp3) is 0.714. The SMILES string of the molecule is C=C[C@H](CC)C[C@H](O)[C@H](CC1CCCCC1)NC(=O)CCc1cnc[nH]1. The number of aliphatic hydroxyl groups is 1. The zero-order chi connectivity index (χ0) is 18.8. The monoisotopic (exact) mass is 361 g/mol. The van der Waals surface area contributed by atoms with Gasteiger partial charge in [0.05, 0.1) is 18.5 Å². The Balaban J connectivity index is 1.91. The van der Waals surface area contributed by atoms with Crippen LogP contribution < -0.4 is 5.32 Å². The van der Waals surface area contributed by atoms with Crippen LogP contribution >= 0.6 is 0 Å². The summed E-state index contributed by atoms with van der Waals surface area (Å²) in [7, 11) is 0. The number of allylic oxidation sites excluding steroid dienone is 1. The van der Waals surface area contributed by atoms with E-state index in [4.69, 9.17) is 0 Å². The number of aromatic nitrogens is 2. The van der Waals surface area contributed by atoms with Crippen LogP contribution in [0.3, 0.4) is 0 Å². The van der Waals surface area contributed by atoms with Gasteiger partial charge in [-0.05, 0) is 37.5 Å². The normalized spacial score (nSPS) is 18.8. The summed E-state index contributed by atoms with van der Waals surface area (Å²) in [5.41, 5.74) is 0.960. The van der Waals surface area contributed by atoms with Gasteiger partial charge in [-0.15, -0.1) is 6.58 Å². The van der Waals surface area contributed by atoms with Crippen molar-refractivity contribution in [1.82, 2.24) is 15.3 Å². The smallest absolute Gasteiger partial charge is 0.220 e. The molecule has 0 aliphatic heterocycles. The molecule has 1 aromatic rings. The van der Waals surface area contributed by atoms with Gasteiger partial charge in [0.2, 0.25) is 5.91 Å². The van der Waals surface area contributed by atoms with Crippen molar-refractivity contribution in [3.63, 3.8) is 0 Å². The van der Waals surface area contributed by atoms with Crippen LogP contribution in [0.15, 0.2) is 25.2 Å². The molecular formula is C21H35N3O2. The van der Waals surface area contributed by atoms with Crippen LogP contribution in [0, 0.1) is 11.8 Å². The molecule has 1 saturated carbocycles. The highest BCUT2D eigenvalue weighted by atomic mass is 16.3. The maximum absolute atomic E-state index is 12.4. The van der Waals surface area contributed by atoms with Gasteiger partial charge in [-0.3, -0.25) is 4.79 Å². The number of aryl methyl sites for hydroxylation is 1. The van der Waals surface area contributed by atoms with Gasteiger partial charge in [-0.1, -0.05) is 45.1 Å². The molecule has 0 unspecified atom stereocenters. The van der Waals surface area contributed by atoms with Crippen molar-refractivity contribution in [2.45, 2.75) is 83.3 Å². The van der Waals surface area contributed by atoms with E-state index < -0.39 is 6.10 Å². The summed E-state index contributed by atoms with van der Waals surface area (Å²) in [6, 6.07) is -0.165. The first-order valence-electron chi connectivity index (χ1n) is 10.2. The number of carbonyl (C=O) groups is 1. The van der Waals surface area contributed by atoms with E-state index >= 15 is 0 Å². The summed E-state index contributed by atoms with van der Waals surface area (Å²) < 4.78 is 0.